The van der Waals surface area contributed by atoms with Crippen LogP contribution in [0.2, 0.25) is 5.02 Å². The minimum Gasteiger partial charge on any atom is -0.486 e. The highest BCUT2D eigenvalue weighted by molar-refractivity contribution is 9.10. The number of hydrogen-bond acceptors (Lipinski definition) is 2. The lowest BCUT2D eigenvalue weighted by Gasteiger charge is -2.21. The molecule has 0 radical (unpaired) electrons. The molecule has 0 amide bonds. The van der Waals surface area contributed by atoms with Crippen molar-refractivity contribution >= 4 is 27.5 Å². The highest BCUT2D eigenvalue weighted by atomic mass is 79.9. The number of halogens is 2. The Morgan fingerprint density at radius 2 is 2.08 bits per heavy atom. The lowest BCUT2D eigenvalue weighted by Crippen LogP contribution is -2.16. The van der Waals surface area contributed by atoms with E-state index in [1.807, 2.05) is 6.92 Å². The molecule has 0 aliphatic carbocycles. The predicted octanol–water partition coefficient (Wildman–Crippen LogP) is 3.18. The maximum atomic E-state index is 5.97. The van der Waals surface area contributed by atoms with Gasteiger partial charge < -0.3 is 9.47 Å². The van der Waals surface area contributed by atoms with Gasteiger partial charge in [-0.2, -0.15) is 0 Å². The van der Waals surface area contributed by atoms with E-state index in [1.165, 1.54) is 0 Å². The number of ether oxygens (including phenoxy) is 2. The fraction of sp³-hybridized carbons (Fsp3) is 0.333. The lowest BCUT2D eigenvalue weighted by atomic mass is 10.2. The van der Waals surface area contributed by atoms with E-state index in [0.717, 1.165) is 21.5 Å². The van der Waals surface area contributed by atoms with Crippen molar-refractivity contribution in [2.45, 2.75) is 6.92 Å². The largest absolute Gasteiger partial charge is 0.486 e. The predicted molar refractivity (Wildman–Crippen MR) is 54.9 cm³/mol. The van der Waals surface area contributed by atoms with E-state index in [2.05, 4.69) is 15.9 Å². The van der Waals surface area contributed by atoms with Crippen molar-refractivity contribution in [3.63, 3.8) is 0 Å². The summed E-state index contributed by atoms with van der Waals surface area (Å²) in [6.07, 6.45) is 0. The summed E-state index contributed by atoms with van der Waals surface area (Å²) < 4.78 is 11.8. The summed E-state index contributed by atoms with van der Waals surface area (Å²) in [6, 6.07) is 1.77. The van der Waals surface area contributed by atoms with E-state index in [4.69, 9.17) is 21.1 Å². The molecule has 1 heterocycles. The Hall–Kier alpha value is -0.410. The van der Waals surface area contributed by atoms with Crippen molar-refractivity contribution in [1.29, 1.82) is 0 Å². The molecule has 0 bridgehead atoms. The molecule has 2 nitrogen and oxygen atoms in total. The van der Waals surface area contributed by atoms with Crippen LogP contribution in [-0.2, 0) is 0 Å². The Bertz CT molecular complexity index is 352. The van der Waals surface area contributed by atoms with Gasteiger partial charge in [0.2, 0.25) is 0 Å². The zero-order chi connectivity index (χ0) is 9.42. The molecule has 2 rings (SSSR count). The Labute approximate surface area is 89.9 Å². The maximum Gasteiger partial charge on any atom is 0.165 e. The summed E-state index contributed by atoms with van der Waals surface area (Å²) >= 11 is 9.36. The molecule has 0 aromatic heterocycles. The Kier molecular flexibility index (Phi) is 2.39. The van der Waals surface area contributed by atoms with E-state index in [-0.39, 0.29) is 0 Å². The van der Waals surface area contributed by atoms with E-state index in [0.29, 0.717) is 18.2 Å². The minimum absolute atomic E-state index is 0.588. The number of rotatable bonds is 0. The Morgan fingerprint density at radius 1 is 1.38 bits per heavy atom. The third-order valence-corrected chi connectivity index (χ3v) is 3.50. The monoisotopic (exact) mass is 262 g/mol. The van der Waals surface area contributed by atoms with Gasteiger partial charge in [-0.15, -0.1) is 0 Å². The maximum absolute atomic E-state index is 5.97. The normalized spacial score (nSPS) is 14.4. The molecule has 0 N–H and O–H groups in total. The van der Waals surface area contributed by atoms with E-state index in [1.54, 1.807) is 6.07 Å². The van der Waals surface area contributed by atoms with Crippen molar-refractivity contribution in [2.24, 2.45) is 0 Å². The van der Waals surface area contributed by atoms with Gasteiger partial charge in [-0.05, 0) is 22.9 Å². The molecule has 0 unspecified atom stereocenters. The summed E-state index contributed by atoms with van der Waals surface area (Å²) in [6.45, 7) is 3.13. The average molecular weight is 264 g/mol. The topological polar surface area (TPSA) is 18.5 Å². The van der Waals surface area contributed by atoms with Gasteiger partial charge in [-0.1, -0.05) is 11.6 Å². The molecule has 0 saturated heterocycles. The van der Waals surface area contributed by atoms with Gasteiger partial charge in [0.15, 0.2) is 11.5 Å². The molecule has 0 atom stereocenters. The van der Waals surface area contributed by atoms with Crippen LogP contribution < -0.4 is 9.47 Å². The molecule has 0 saturated carbocycles. The third kappa shape index (κ3) is 1.51. The average Bonchev–Trinajstić information content (AvgIpc) is 2.15. The van der Waals surface area contributed by atoms with Crippen LogP contribution in [-0.4, -0.2) is 13.2 Å². The number of fused-ring (bicyclic) bond motifs is 1. The highest BCUT2D eigenvalue weighted by Crippen LogP contribution is 2.41. The molecule has 1 aromatic rings. The van der Waals surface area contributed by atoms with Crippen LogP contribution in [0.15, 0.2) is 10.5 Å². The van der Waals surface area contributed by atoms with Crippen LogP contribution in [0.1, 0.15) is 5.56 Å². The molecular formula is C9H8BrClO2. The third-order valence-electron chi connectivity index (χ3n) is 1.95. The van der Waals surface area contributed by atoms with Crippen molar-refractivity contribution in [1.82, 2.24) is 0 Å². The standard InChI is InChI=1S/C9H8BrClO2/c1-5-8(10)6(11)4-7-9(5)13-3-2-12-7/h4H,2-3H2,1H3. The molecule has 1 aliphatic heterocycles. The first kappa shape index (κ1) is 9.16. The first-order chi connectivity index (χ1) is 6.20. The molecule has 13 heavy (non-hydrogen) atoms. The summed E-state index contributed by atoms with van der Waals surface area (Å²) in [5.41, 5.74) is 0.988. The lowest BCUT2D eigenvalue weighted by molar-refractivity contribution is 0.170. The fourth-order valence-corrected chi connectivity index (χ4v) is 1.82. The minimum atomic E-state index is 0.588. The quantitative estimate of drug-likeness (QED) is 0.716. The molecule has 70 valence electrons. The SMILES string of the molecule is Cc1c(Br)c(Cl)cc2c1OCCO2. The van der Waals surface area contributed by atoms with Crippen LogP contribution in [0.3, 0.4) is 0 Å². The molecular weight excluding hydrogens is 255 g/mol. The molecule has 1 aromatic carbocycles. The summed E-state index contributed by atoms with van der Waals surface area (Å²) in [4.78, 5) is 0. The smallest absolute Gasteiger partial charge is 0.165 e. The first-order valence-corrected chi connectivity index (χ1v) is 5.11. The van der Waals surface area contributed by atoms with Crippen LogP contribution in [0.5, 0.6) is 11.5 Å². The zero-order valence-electron chi connectivity index (χ0n) is 7.06. The molecule has 0 fully saturated rings. The van der Waals surface area contributed by atoms with E-state index in [9.17, 15) is 0 Å². The second kappa shape index (κ2) is 3.39. The van der Waals surface area contributed by atoms with E-state index >= 15 is 0 Å². The van der Waals surface area contributed by atoms with Crippen LogP contribution >= 0.6 is 27.5 Å². The molecule has 0 spiro atoms. The van der Waals surface area contributed by atoms with Crippen molar-refractivity contribution in [3.05, 3.63) is 21.1 Å². The van der Waals surface area contributed by atoms with Gasteiger partial charge in [0, 0.05) is 16.1 Å². The summed E-state index contributed by atoms with van der Waals surface area (Å²) in [5.74, 6) is 1.53. The van der Waals surface area contributed by atoms with Crippen molar-refractivity contribution in [3.8, 4) is 11.5 Å². The van der Waals surface area contributed by atoms with Crippen LogP contribution in [0.25, 0.3) is 0 Å². The zero-order valence-corrected chi connectivity index (χ0v) is 9.41. The van der Waals surface area contributed by atoms with Crippen molar-refractivity contribution < 1.29 is 9.47 Å². The number of benzene rings is 1. The Morgan fingerprint density at radius 3 is 2.85 bits per heavy atom. The van der Waals surface area contributed by atoms with Crippen LogP contribution in [0, 0.1) is 6.92 Å². The van der Waals surface area contributed by atoms with Crippen LogP contribution in [0.4, 0.5) is 0 Å². The van der Waals surface area contributed by atoms with Gasteiger partial charge in [0.05, 0.1) is 5.02 Å². The highest BCUT2D eigenvalue weighted by Gasteiger charge is 2.18. The van der Waals surface area contributed by atoms with E-state index < -0.39 is 0 Å². The van der Waals surface area contributed by atoms with Gasteiger partial charge in [-0.3, -0.25) is 0 Å². The second-order valence-electron chi connectivity index (χ2n) is 2.82. The van der Waals surface area contributed by atoms with Gasteiger partial charge >= 0.3 is 0 Å². The second-order valence-corrected chi connectivity index (χ2v) is 4.02. The summed E-state index contributed by atoms with van der Waals surface area (Å²) in [7, 11) is 0. The molecule has 1 aliphatic rings. The first-order valence-electron chi connectivity index (χ1n) is 3.94. The Balaban J connectivity index is 2.60. The number of hydrogen-bond donors (Lipinski definition) is 0. The van der Waals surface area contributed by atoms with Gasteiger partial charge in [0.25, 0.3) is 0 Å². The van der Waals surface area contributed by atoms with Gasteiger partial charge in [0.1, 0.15) is 13.2 Å². The molecule has 4 heteroatoms. The summed E-state index contributed by atoms with van der Waals surface area (Å²) in [5, 5.41) is 0.654. The fourth-order valence-electron chi connectivity index (χ4n) is 1.29. The van der Waals surface area contributed by atoms with Gasteiger partial charge in [-0.25, -0.2) is 0 Å². The van der Waals surface area contributed by atoms with Crippen molar-refractivity contribution in [2.75, 3.05) is 13.2 Å².